The zero-order valence-corrected chi connectivity index (χ0v) is 17.8. The zero-order valence-electron chi connectivity index (χ0n) is 16.2. The van der Waals surface area contributed by atoms with Crippen LogP contribution in [-0.4, -0.2) is 34.6 Å². The van der Waals surface area contributed by atoms with Gasteiger partial charge >= 0.3 is 10.8 Å². The van der Waals surface area contributed by atoms with E-state index in [-0.39, 0.29) is 23.3 Å². The number of hydrogen-bond acceptors (Lipinski definition) is 7. The fourth-order valence-electron chi connectivity index (χ4n) is 4.01. The summed E-state index contributed by atoms with van der Waals surface area (Å²) in [7, 11) is 0. The van der Waals surface area contributed by atoms with Gasteiger partial charge in [-0.15, -0.1) is 0 Å². The Bertz CT molecular complexity index is 1060. The Morgan fingerprint density at radius 1 is 1.17 bits per heavy atom. The number of carbonyl (C=O) groups is 3. The first-order valence-corrected chi connectivity index (χ1v) is 11.1. The molecule has 2 aromatic rings. The third kappa shape index (κ3) is 2.95. The molecule has 7 nitrogen and oxygen atoms in total. The number of nitrogens with zero attached hydrogens (tertiary/aromatic N) is 1. The number of aromatic amines is 1. The lowest BCUT2D eigenvalue weighted by molar-refractivity contribution is -0.123. The number of fused-ring (bicyclic) bond motifs is 2. The second kappa shape index (κ2) is 7.14. The van der Waals surface area contributed by atoms with Crippen molar-refractivity contribution < 1.29 is 19.1 Å². The maximum absolute atomic E-state index is 13.4. The third-order valence-corrected chi connectivity index (χ3v) is 8.25. The van der Waals surface area contributed by atoms with Crippen LogP contribution >= 0.6 is 23.1 Å². The average molecular weight is 433 g/mol. The second-order valence-corrected chi connectivity index (χ2v) is 9.37. The molecule has 0 unspecified atom stereocenters. The smallest absolute Gasteiger partial charge is 0.338 e. The molecule has 2 aliphatic heterocycles. The highest BCUT2D eigenvalue weighted by Crippen LogP contribution is 2.55. The number of imide groups is 1. The van der Waals surface area contributed by atoms with Crippen LogP contribution in [0, 0.1) is 5.92 Å². The molecule has 0 radical (unpaired) electrons. The van der Waals surface area contributed by atoms with E-state index in [1.54, 1.807) is 31.2 Å². The molecular weight excluding hydrogens is 412 g/mol. The van der Waals surface area contributed by atoms with Gasteiger partial charge in [-0.3, -0.25) is 14.4 Å². The maximum Gasteiger partial charge on any atom is 0.338 e. The standard InChI is InChI=1S/C20H20N2O5S2/c1-4-20(3)12-13(28-15-14(20)29-19(26)21-15)17(24)22(16(12)23)11-8-6-10(7-9-11)18(25)27-5-2/h6-9,12-13H,4-5H2,1-3H3,(H,21,26)/t12-,13+,20+/m1/s1. The van der Waals surface area contributed by atoms with Crippen LogP contribution in [-0.2, 0) is 19.7 Å². The Balaban J connectivity index is 1.71. The molecule has 0 saturated carbocycles. The summed E-state index contributed by atoms with van der Waals surface area (Å²) in [6, 6.07) is 6.28. The number of aromatic nitrogens is 1. The summed E-state index contributed by atoms with van der Waals surface area (Å²) in [5.41, 5.74) is 0.194. The van der Waals surface area contributed by atoms with Crippen molar-refractivity contribution in [2.24, 2.45) is 5.92 Å². The molecule has 29 heavy (non-hydrogen) atoms. The Morgan fingerprint density at radius 3 is 2.48 bits per heavy atom. The molecule has 1 saturated heterocycles. The number of rotatable bonds is 4. The predicted octanol–water partition coefficient (Wildman–Crippen LogP) is 2.94. The van der Waals surface area contributed by atoms with Gasteiger partial charge in [0.15, 0.2) is 0 Å². The number of H-pyrrole nitrogens is 1. The molecule has 152 valence electrons. The van der Waals surface area contributed by atoms with E-state index >= 15 is 0 Å². The van der Waals surface area contributed by atoms with Gasteiger partial charge in [-0.2, -0.15) is 0 Å². The van der Waals surface area contributed by atoms with Gasteiger partial charge in [-0.05, 0) is 37.6 Å². The molecule has 0 spiro atoms. The van der Waals surface area contributed by atoms with Gasteiger partial charge in [0, 0.05) is 10.3 Å². The fourth-order valence-corrected chi connectivity index (χ4v) is 6.83. The molecule has 1 aromatic heterocycles. The summed E-state index contributed by atoms with van der Waals surface area (Å²) >= 11 is 2.38. The lowest BCUT2D eigenvalue weighted by atomic mass is 9.72. The van der Waals surface area contributed by atoms with Crippen molar-refractivity contribution in [2.45, 2.75) is 42.9 Å². The fraction of sp³-hybridized carbons (Fsp3) is 0.400. The van der Waals surface area contributed by atoms with E-state index in [4.69, 9.17) is 4.74 Å². The maximum atomic E-state index is 13.4. The van der Waals surface area contributed by atoms with Crippen LogP contribution in [0.1, 0.15) is 42.4 Å². The van der Waals surface area contributed by atoms with Crippen molar-refractivity contribution in [1.29, 1.82) is 0 Å². The summed E-state index contributed by atoms with van der Waals surface area (Å²) in [6.45, 7) is 5.91. The van der Waals surface area contributed by atoms with Crippen LogP contribution < -0.4 is 9.77 Å². The number of thiazole rings is 1. The molecular formula is C20H20N2O5S2. The number of ether oxygens (including phenoxy) is 1. The third-order valence-electron chi connectivity index (χ3n) is 5.69. The van der Waals surface area contributed by atoms with Gasteiger partial charge in [0.05, 0.1) is 28.8 Å². The Kier molecular flexibility index (Phi) is 4.90. The van der Waals surface area contributed by atoms with Gasteiger partial charge in [-0.25, -0.2) is 9.69 Å². The normalized spacial score (nSPS) is 25.7. The monoisotopic (exact) mass is 432 g/mol. The summed E-state index contributed by atoms with van der Waals surface area (Å²) in [5.74, 6) is -1.57. The van der Waals surface area contributed by atoms with Crippen molar-refractivity contribution in [3.8, 4) is 0 Å². The highest BCUT2D eigenvalue weighted by atomic mass is 32.2. The minimum atomic E-state index is -0.596. The molecule has 9 heteroatoms. The quantitative estimate of drug-likeness (QED) is 0.589. The van der Waals surface area contributed by atoms with Crippen molar-refractivity contribution >= 4 is 46.6 Å². The minimum absolute atomic E-state index is 0.173. The first-order chi connectivity index (χ1) is 13.8. The van der Waals surface area contributed by atoms with Crippen molar-refractivity contribution in [3.05, 3.63) is 44.4 Å². The molecule has 4 rings (SSSR count). The molecule has 1 aromatic carbocycles. The molecule has 3 atom stereocenters. The number of benzene rings is 1. The number of thioether (sulfide) groups is 1. The number of esters is 1. The van der Waals surface area contributed by atoms with Crippen LogP contribution in [0.15, 0.2) is 34.1 Å². The van der Waals surface area contributed by atoms with Gasteiger partial charge < -0.3 is 9.72 Å². The number of amides is 2. The van der Waals surface area contributed by atoms with Gasteiger partial charge in [-0.1, -0.05) is 36.9 Å². The van der Waals surface area contributed by atoms with Gasteiger partial charge in [0.25, 0.3) is 0 Å². The summed E-state index contributed by atoms with van der Waals surface area (Å²) in [5, 5.41) is 0.0983. The first kappa shape index (κ1) is 19.9. The molecule has 1 N–H and O–H groups in total. The van der Waals surface area contributed by atoms with E-state index in [0.717, 1.165) is 16.2 Å². The van der Waals surface area contributed by atoms with E-state index < -0.39 is 22.6 Å². The summed E-state index contributed by atoms with van der Waals surface area (Å²) < 4.78 is 4.97. The highest BCUT2D eigenvalue weighted by molar-refractivity contribution is 8.00. The summed E-state index contributed by atoms with van der Waals surface area (Å²) in [6.07, 6.45) is 0.629. The Morgan fingerprint density at radius 2 is 1.86 bits per heavy atom. The predicted molar refractivity (Wildman–Crippen MR) is 111 cm³/mol. The lowest BCUT2D eigenvalue weighted by Crippen LogP contribution is -2.43. The minimum Gasteiger partial charge on any atom is -0.462 e. The number of anilines is 1. The van der Waals surface area contributed by atoms with Crippen LogP contribution in [0.4, 0.5) is 5.69 Å². The largest absolute Gasteiger partial charge is 0.462 e. The second-order valence-electron chi connectivity index (χ2n) is 7.24. The van der Waals surface area contributed by atoms with E-state index in [0.29, 0.717) is 22.7 Å². The molecule has 2 amide bonds. The lowest BCUT2D eigenvalue weighted by Gasteiger charge is -2.38. The molecule has 0 aliphatic carbocycles. The Labute approximate surface area is 175 Å². The number of nitrogens with one attached hydrogen (secondary N) is 1. The number of carbonyl (C=O) groups excluding carboxylic acids is 3. The van der Waals surface area contributed by atoms with E-state index in [2.05, 4.69) is 4.98 Å². The van der Waals surface area contributed by atoms with Gasteiger partial charge in [0.2, 0.25) is 11.8 Å². The molecule has 0 bridgehead atoms. The average Bonchev–Trinajstić information content (AvgIpc) is 3.20. The topological polar surface area (TPSA) is 96.5 Å². The van der Waals surface area contributed by atoms with E-state index in [9.17, 15) is 19.2 Å². The highest BCUT2D eigenvalue weighted by Gasteiger charge is 2.60. The van der Waals surface area contributed by atoms with Crippen molar-refractivity contribution in [1.82, 2.24) is 4.98 Å². The molecule has 3 heterocycles. The van der Waals surface area contributed by atoms with E-state index in [1.807, 2.05) is 13.8 Å². The van der Waals surface area contributed by atoms with Gasteiger partial charge in [0.1, 0.15) is 5.25 Å². The SMILES string of the molecule is CCOC(=O)c1ccc(N2C(=O)[C@H]3Sc4[nH]c(=O)sc4[C@@](C)(CC)[C@H]3C2=O)cc1. The van der Waals surface area contributed by atoms with Crippen LogP contribution in [0.25, 0.3) is 0 Å². The number of hydrogen-bond donors (Lipinski definition) is 1. The van der Waals surface area contributed by atoms with Crippen molar-refractivity contribution in [3.63, 3.8) is 0 Å². The molecule has 2 aliphatic rings. The first-order valence-electron chi connectivity index (χ1n) is 9.37. The van der Waals surface area contributed by atoms with Crippen LogP contribution in [0.3, 0.4) is 0 Å². The zero-order chi connectivity index (χ0) is 20.9. The van der Waals surface area contributed by atoms with Crippen LogP contribution in [0.5, 0.6) is 0 Å². The van der Waals surface area contributed by atoms with E-state index in [1.165, 1.54) is 16.7 Å². The summed E-state index contributed by atoms with van der Waals surface area (Å²) in [4.78, 5) is 55.0. The van der Waals surface area contributed by atoms with Crippen molar-refractivity contribution in [2.75, 3.05) is 11.5 Å². The Hall–Kier alpha value is -2.39. The molecule has 1 fully saturated rings. The van der Waals surface area contributed by atoms with Crippen LogP contribution in [0.2, 0.25) is 0 Å².